The number of halogens is 1. The fraction of sp³-hybridized carbons (Fsp3) is 0.818. The molecule has 1 amide bonds. The molecule has 0 bridgehead atoms. The third kappa shape index (κ3) is 4.99. The van der Waals surface area contributed by atoms with Crippen LogP contribution in [0.4, 0.5) is 4.79 Å². The van der Waals surface area contributed by atoms with Gasteiger partial charge in [0, 0.05) is 27.6 Å². The summed E-state index contributed by atoms with van der Waals surface area (Å²) < 4.78 is 15.4. The van der Waals surface area contributed by atoms with E-state index in [0.717, 1.165) is 0 Å². The fourth-order valence-electron chi connectivity index (χ4n) is 1.80. The van der Waals surface area contributed by atoms with Gasteiger partial charge in [-0.2, -0.15) is 0 Å². The molecule has 0 N–H and O–H groups in total. The van der Waals surface area contributed by atoms with Gasteiger partial charge in [0.2, 0.25) is 0 Å². The normalized spacial score (nSPS) is 23.3. The molecule has 1 aliphatic rings. The van der Waals surface area contributed by atoms with Crippen molar-refractivity contribution in [1.82, 2.24) is 4.90 Å². The van der Waals surface area contributed by atoms with E-state index >= 15 is 0 Å². The Kier molecular flexibility index (Phi) is 6.18. The molecule has 2 atom stereocenters. The Hall–Kier alpha value is -0.220. The zero-order valence-electron chi connectivity index (χ0n) is 11.3. The molecule has 1 aliphatic heterocycles. The summed E-state index contributed by atoms with van der Waals surface area (Å²) in [6, 6.07) is -0.645. The monoisotopic (exact) mass is 403 g/mol. The highest BCUT2D eigenvalue weighted by Gasteiger charge is 2.42. The second-order valence-electron chi connectivity index (χ2n) is 5.19. The largest absolute Gasteiger partial charge is 0.467 e. The smallest absolute Gasteiger partial charge is 0.411 e. The Labute approximate surface area is 129 Å². The zero-order chi connectivity index (χ0) is 14.6. The molecule has 0 unspecified atom stereocenters. The molecule has 110 valence electrons. The number of carbonyl (C=O) groups is 2. The summed E-state index contributed by atoms with van der Waals surface area (Å²) in [5, 5.41) is 0. The fourth-order valence-corrected chi connectivity index (χ4v) is 2.92. The zero-order valence-corrected chi connectivity index (χ0v) is 14.3. The lowest BCUT2D eigenvalue weighted by atomic mass is 10.2. The highest BCUT2D eigenvalue weighted by Crippen LogP contribution is 2.28. The number of nitrogens with zero attached hydrogens (tertiary/aromatic N) is 1. The summed E-state index contributed by atoms with van der Waals surface area (Å²) >= 11 is 2.00. The number of rotatable bonds is 3. The van der Waals surface area contributed by atoms with Crippen molar-refractivity contribution >= 4 is 42.5 Å². The van der Waals surface area contributed by atoms with Crippen LogP contribution in [0.15, 0.2) is 0 Å². The van der Waals surface area contributed by atoms with E-state index in [-0.39, 0.29) is 6.10 Å². The van der Waals surface area contributed by atoms with E-state index in [2.05, 4.69) is 0 Å². The summed E-state index contributed by atoms with van der Waals surface area (Å²) in [7, 11) is 2.49. The van der Waals surface area contributed by atoms with E-state index in [1.807, 2.05) is 21.2 Å². The van der Waals surface area contributed by atoms with Crippen LogP contribution in [0.25, 0.3) is 0 Å². The van der Waals surface area contributed by atoms with Crippen molar-refractivity contribution in [2.45, 2.75) is 44.9 Å². The molecule has 1 fully saturated rings. The third-order valence-electron chi connectivity index (χ3n) is 2.54. The topological polar surface area (TPSA) is 65.1 Å². The molecule has 1 heterocycles. The Balaban J connectivity index is 2.76. The van der Waals surface area contributed by atoms with Gasteiger partial charge in [-0.25, -0.2) is 9.59 Å². The molecule has 0 radical (unpaired) electrons. The molecule has 0 aliphatic carbocycles. The van der Waals surface area contributed by atoms with Crippen LogP contribution >= 0.6 is 30.4 Å². The van der Waals surface area contributed by atoms with Gasteiger partial charge < -0.3 is 13.7 Å². The third-order valence-corrected chi connectivity index (χ3v) is 3.50. The molecule has 19 heavy (non-hydrogen) atoms. The van der Waals surface area contributed by atoms with Crippen LogP contribution in [-0.4, -0.2) is 48.4 Å². The van der Waals surface area contributed by atoms with Gasteiger partial charge in [-0.3, -0.25) is 4.90 Å². The Morgan fingerprint density at radius 1 is 1.37 bits per heavy atom. The summed E-state index contributed by atoms with van der Waals surface area (Å²) in [6.07, 6.45) is -0.298. The van der Waals surface area contributed by atoms with Gasteiger partial charge in [0.1, 0.15) is 11.6 Å². The Bertz CT molecular complexity index is 346. The van der Waals surface area contributed by atoms with Crippen molar-refractivity contribution in [3.63, 3.8) is 0 Å². The second-order valence-corrected chi connectivity index (χ2v) is 6.59. The van der Waals surface area contributed by atoms with Crippen LogP contribution in [0.2, 0.25) is 0 Å². The van der Waals surface area contributed by atoms with Gasteiger partial charge in [0.15, 0.2) is 0 Å². The lowest BCUT2D eigenvalue weighted by molar-refractivity contribution is -0.145. The van der Waals surface area contributed by atoms with Crippen LogP contribution in [0.5, 0.6) is 0 Å². The second kappa shape index (κ2) is 6.98. The van der Waals surface area contributed by atoms with Crippen molar-refractivity contribution in [3.8, 4) is 0 Å². The van der Waals surface area contributed by atoms with E-state index in [0.29, 0.717) is 13.0 Å². The van der Waals surface area contributed by atoms with Crippen molar-refractivity contribution in [2.24, 2.45) is 0 Å². The Morgan fingerprint density at radius 2 is 2.00 bits per heavy atom. The highest BCUT2D eigenvalue weighted by molar-refractivity contribution is 14.2. The van der Waals surface area contributed by atoms with Crippen LogP contribution in [-0.2, 0) is 18.5 Å². The molecule has 0 spiro atoms. The summed E-state index contributed by atoms with van der Waals surface area (Å²) in [6.45, 7) is 5.67. The van der Waals surface area contributed by atoms with Gasteiger partial charge in [-0.05, 0) is 20.8 Å². The van der Waals surface area contributed by atoms with E-state index in [1.165, 1.54) is 21.2 Å². The first-order chi connectivity index (χ1) is 8.78. The summed E-state index contributed by atoms with van der Waals surface area (Å²) in [5.41, 5.74) is -0.602. The lowest BCUT2D eigenvalue weighted by Crippen LogP contribution is -2.43. The standard InChI is InChI=1S/C11H18INO5S/c1-11(2,3)17-10(15)13-6-7(18-19-12)5-8(13)9(14)16-4/h7-8H,5-6H2,1-4H3/t7-,8+/m1/s1. The molecular formula is C11H18INO5S. The quantitative estimate of drug-likeness (QED) is 0.410. The van der Waals surface area contributed by atoms with Crippen LogP contribution < -0.4 is 0 Å². The Morgan fingerprint density at radius 3 is 2.47 bits per heavy atom. The number of methoxy groups -OCH3 is 1. The van der Waals surface area contributed by atoms with Gasteiger partial charge in [-0.1, -0.05) is 0 Å². The minimum Gasteiger partial charge on any atom is -0.467 e. The molecule has 1 rings (SSSR count). The molecule has 8 heteroatoms. The van der Waals surface area contributed by atoms with Crippen molar-refractivity contribution in [2.75, 3.05) is 13.7 Å². The first kappa shape index (κ1) is 16.8. The first-order valence-electron chi connectivity index (χ1n) is 5.80. The molecule has 0 aromatic rings. The molecule has 0 aromatic carbocycles. The van der Waals surface area contributed by atoms with Crippen LogP contribution in [0.3, 0.4) is 0 Å². The van der Waals surface area contributed by atoms with Gasteiger partial charge in [0.05, 0.1) is 29.0 Å². The first-order valence-corrected chi connectivity index (χ1v) is 9.08. The summed E-state index contributed by atoms with van der Waals surface area (Å²) in [4.78, 5) is 25.2. The van der Waals surface area contributed by atoms with Crippen LogP contribution in [0, 0.1) is 0 Å². The van der Waals surface area contributed by atoms with Gasteiger partial charge in [-0.15, -0.1) is 0 Å². The predicted octanol–water partition coefficient (Wildman–Crippen LogP) is 2.55. The van der Waals surface area contributed by atoms with Crippen molar-refractivity contribution < 1.29 is 23.2 Å². The predicted molar refractivity (Wildman–Crippen MR) is 79.8 cm³/mol. The number of hydrogen-bond acceptors (Lipinski definition) is 6. The molecule has 0 saturated carbocycles. The van der Waals surface area contributed by atoms with Crippen LogP contribution in [0.1, 0.15) is 27.2 Å². The number of hydrogen-bond donors (Lipinski definition) is 0. The molecule has 1 saturated heterocycles. The number of carbonyl (C=O) groups excluding carboxylic acids is 2. The molecule has 0 aromatic heterocycles. The highest BCUT2D eigenvalue weighted by atomic mass is 127. The molecule has 6 nitrogen and oxygen atoms in total. The number of esters is 1. The van der Waals surface area contributed by atoms with Gasteiger partial charge in [0.25, 0.3) is 0 Å². The number of likely N-dealkylation sites (tertiary alicyclic amines) is 1. The van der Waals surface area contributed by atoms with E-state index in [4.69, 9.17) is 13.7 Å². The van der Waals surface area contributed by atoms with Gasteiger partial charge >= 0.3 is 12.1 Å². The molecular weight excluding hydrogens is 385 g/mol. The van der Waals surface area contributed by atoms with Crippen molar-refractivity contribution in [3.05, 3.63) is 0 Å². The SMILES string of the molecule is COC(=O)[C@@H]1C[C@@H](OSI)CN1C(=O)OC(C)(C)C. The average Bonchev–Trinajstić information content (AvgIpc) is 2.70. The van der Waals surface area contributed by atoms with E-state index in [1.54, 1.807) is 20.8 Å². The minimum absolute atomic E-state index is 0.196. The van der Waals surface area contributed by atoms with E-state index < -0.39 is 23.7 Å². The number of ether oxygens (including phenoxy) is 2. The maximum atomic E-state index is 12.1. The minimum atomic E-state index is -0.645. The average molecular weight is 403 g/mol. The lowest BCUT2D eigenvalue weighted by Gasteiger charge is -2.27. The maximum Gasteiger partial charge on any atom is 0.411 e. The van der Waals surface area contributed by atoms with Crippen molar-refractivity contribution in [1.29, 1.82) is 0 Å². The number of amides is 1. The van der Waals surface area contributed by atoms with E-state index in [9.17, 15) is 9.59 Å². The maximum absolute atomic E-state index is 12.1. The summed E-state index contributed by atoms with van der Waals surface area (Å²) in [5.74, 6) is -0.449.